The fourth-order valence-corrected chi connectivity index (χ4v) is 2.65. The van der Waals surface area contributed by atoms with Gasteiger partial charge < -0.3 is 0 Å². The molecule has 3 atom stereocenters. The first kappa shape index (κ1) is 9.23. The van der Waals surface area contributed by atoms with Gasteiger partial charge in [0.15, 0.2) is 0 Å². The monoisotopic (exact) mass is 180 g/mol. The first-order valence-electron chi connectivity index (χ1n) is 5.63. The van der Waals surface area contributed by atoms with E-state index in [1.54, 1.807) is 0 Å². The summed E-state index contributed by atoms with van der Waals surface area (Å²) in [5.41, 5.74) is 0. The third-order valence-electron chi connectivity index (χ3n) is 4.09. The van der Waals surface area contributed by atoms with Crippen molar-refractivity contribution in [2.45, 2.75) is 40.0 Å². The van der Waals surface area contributed by atoms with Crippen LogP contribution >= 0.6 is 0 Å². The van der Waals surface area contributed by atoms with Crippen molar-refractivity contribution in [2.75, 3.05) is 0 Å². The van der Waals surface area contributed by atoms with E-state index in [1.165, 1.54) is 19.3 Å². The van der Waals surface area contributed by atoms with Crippen LogP contribution in [0.25, 0.3) is 0 Å². The van der Waals surface area contributed by atoms with E-state index >= 15 is 0 Å². The van der Waals surface area contributed by atoms with Crippen LogP contribution in [0.3, 0.4) is 0 Å². The molecule has 0 spiro atoms. The summed E-state index contributed by atoms with van der Waals surface area (Å²) in [4.78, 5) is 12.0. The highest BCUT2D eigenvalue weighted by Gasteiger charge is 2.48. The molecule has 0 aromatic heterocycles. The molecule has 0 radical (unpaired) electrons. The molecule has 2 saturated carbocycles. The van der Waals surface area contributed by atoms with E-state index in [-0.39, 0.29) is 5.92 Å². The molecule has 1 heteroatoms. The lowest BCUT2D eigenvalue weighted by Gasteiger charge is -2.19. The number of ketones is 1. The second kappa shape index (κ2) is 3.11. The van der Waals surface area contributed by atoms with Gasteiger partial charge in [-0.3, -0.25) is 4.79 Å². The number of hydrogen-bond acceptors (Lipinski definition) is 1. The van der Waals surface area contributed by atoms with E-state index in [9.17, 15) is 4.79 Å². The summed E-state index contributed by atoms with van der Waals surface area (Å²) in [6.45, 7) is 6.40. The van der Waals surface area contributed by atoms with E-state index in [0.717, 1.165) is 11.8 Å². The SMILES string of the molecule is CC(C)C(C)C(=O)C1CC2CC2C1. The quantitative estimate of drug-likeness (QED) is 0.652. The lowest BCUT2D eigenvalue weighted by Crippen LogP contribution is -2.24. The Hall–Kier alpha value is -0.330. The average molecular weight is 180 g/mol. The maximum Gasteiger partial charge on any atom is 0.139 e. The Balaban J connectivity index is 1.90. The molecule has 1 nitrogen and oxygen atoms in total. The van der Waals surface area contributed by atoms with Crippen LogP contribution in [0.1, 0.15) is 40.0 Å². The van der Waals surface area contributed by atoms with Crippen molar-refractivity contribution in [3.05, 3.63) is 0 Å². The van der Waals surface area contributed by atoms with Gasteiger partial charge in [0, 0.05) is 11.8 Å². The van der Waals surface area contributed by atoms with E-state index in [1.807, 2.05) is 0 Å². The number of Topliss-reactive ketones (excluding diaryl/α,β-unsaturated/α-hetero) is 1. The minimum absolute atomic E-state index is 0.280. The molecule has 0 bridgehead atoms. The summed E-state index contributed by atoms with van der Waals surface area (Å²) in [7, 11) is 0. The molecule has 74 valence electrons. The summed E-state index contributed by atoms with van der Waals surface area (Å²) in [6, 6.07) is 0. The van der Waals surface area contributed by atoms with Crippen LogP contribution in [0, 0.1) is 29.6 Å². The summed E-state index contributed by atoms with van der Waals surface area (Å²) >= 11 is 0. The van der Waals surface area contributed by atoms with Gasteiger partial charge in [-0.15, -0.1) is 0 Å². The molecule has 2 rings (SSSR count). The molecule has 2 fully saturated rings. The second-order valence-electron chi connectivity index (χ2n) is 5.36. The van der Waals surface area contributed by atoms with Gasteiger partial charge in [-0.1, -0.05) is 20.8 Å². The lowest BCUT2D eigenvalue weighted by atomic mass is 9.84. The maximum absolute atomic E-state index is 12.0. The van der Waals surface area contributed by atoms with Crippen molar-refractivity contribution in [3.8, 4) is 0 Å². The molecule has 0 heterocycles. The normalized spacial score (nSPS) is 38.9. The van der Waals surface area contributed by atoms with Crippen molar-refractivity contribution in [3.63, 3.8) is 0 Å². The van der Waals surface area contributed by atoms with Gasteiger partial charge in [0.2, 0.25) is 0 Å². The molecule has 0 amide bonds. The van der Waals surface area contributed by atoms with Crippen LogP contribution in [-0.4, -0.2) is 5.78 Å². The molecule has 2 aliphatic carbocycles. The van der Waals surface area contributed by atoms with Crippen LogP contribution in [0.4, 0.5) is 0 Å². The molecular weight excluding hydrogens is 160 g/mol. The van der Waals surface area contributed by atoms with Gasteiger partial charge >= 0.3 is 0 Å². The molecule has 2 aliphatic rings. The molecule has 0 N–H and O–H groups in total. The Kier molecular flexibility index (Phi) is 2.21. The van der Waals surface area contributed by atoms with Gasteiger partial charge in [0.05, 0.1) is 0 Å². The van der Waals surface area contributed by atoms with Crippen molar-refractivity contribution < 1.29 is 4.79 Å². The second-order valence-corrected chi connectivity index (χ2v) is 5.36. The number of hydrogen-bond donors (Lipinski definition) is 0. The average Bonchev–Trinajstić information content (AvgIpc) is 2.71. The molecule has 0 saturated heterocycles. The zero-order valence-corrected chi connectivity index (χ0v) is 8.92. The molecule has 3 unspecified atom stereocenters. The Labute approximate surface area is 80.9 Å². The molecule has 0 aliphatic heterocycles. The Morgan fingerprint density at radius 2 is 1.62 bits per heavy atom. The Morgan fingerprint density at radius 1 is 1.08 bits per heavy atom. The minimum atomic E-state index is 0.280. The largest absolute Gasteiger partial charge is 0.299 e. The molecule has 13 heavy (non-hydrogen) atoms. The Morgan fingerprint density at radius 3 is 2.08 bits per heavy atom. The Bertz CT molecular complexity index is 209. The van der Waals surface area contributed by atoms with Crippen LogP contribution in [0.5, 0.6) is 0 Å². The third kappa shape index (κ3) is 1.66. The first-order valence-corrected chi connectivity index (χ1v) is 5.63. The fraction of sp³-hybridized carbons (Fsp3) is 0.917. The van der Waals surface area contributed by atoms with Gasteiger partial charge in [0.1, 0.15) is 5.78 Å². The summed E-state index contributed by atoms with van der Waals surface area (Å²) < 4.78 is 0. The predicted molar refractivity (Wildman–Crippen MR) is 53.3 cm³/mol. The van der Waals surface area contributed by atoms with Crippen molar-refractivity contribution in [2.24, 2.45) is 29.6 Å². The van der Waals surface area contributed by atoms with E-state index in [0.29, 0.717) is 17.6 Å². The van der Waals surface area contributed by atoms with Crippen molar-refractivity contribution >= 4 is 5.78 Å². The standard InChI is InChI=1S/C12H20O/c1-7(2)8(3)12(13)11-5-9-4-10(9)6-11/h7-11H,4-6H2,1-3H3. The molecular formula is C12H20O. The highest BCUT2D eigenvalue weighted by atomic mass is 16.1. The van der Waals surface area contributed by atoms with E-state index in [2.05, 4.69) is 20.8 Å². The smallest absolute Gasteiger partial charge is 0.139 e. The van der Waals surface area contributed by atoms with E-state index < -0.39 is 0 Å². The van der Waals surface area contributed by atoms with E-state index in [4.69, 9.17) is 0 Å². The van der Waals surface area contributed by atoms with Gasteiger partial charge in [-0.05, 0) is 37.0 Å². The fourth-order valence-electron chi connectivity index (χ4n) is 2.65. The topological polar surface area (TPSA) is 17.1 Å². The van der Waals surface area contributed by atoms with Crippen molar-refractivity contribution in [1.29, 1.82) is 0 Å². The summed E-state index contributed by atoms with van der Waals surface area (Å²) in [5, 5.41) is 0. The minimum Gasteiger partial charge on any atom is -0.299 e. The number of rotatable bonds is 3. The van der Waals surface area contributed by atoms with Crippen LogP contribution in [0.15, 0.2) is 0 Å². The highest BCUT2D eigenvalue weighted by Crippen LogP contribution is 2.55. The zero-order valence-electron chi connectivity index (χ0n) is 8.92. The maximum atomic E-state index is 12.0. The summed E-state index contributed by atoms with van der Waals surface area (Å²) in [6.07, 6.45) is 3.83. The third-order valence-corrected chi connectivity index (χ3v) is 4.09. The van der Waals surface area contributed by atoms with Gasteiger partial charge in [0.25, 0.3) is 0 Å². The van der Waals surface area contributed by atoms with Gasteiger partial charge in [-0.25, -0.2) is 0 Å². The van der Waals surface area contributed by atoms with Crippen LogP contribution in [0.2, 0.25) is 0 Å². The lowest BCUT2D eigenvalue weighted by molar-refractivity contribution is -0.127. The predicted octanol–water partition coefficient (Wildman–Crippen LogP) is 2.89. The number of carbonyl (C=O) groups excluding carboxylic acids is 1. The summed E-state index contributed by atoms with van der Waals surface area (Å²) in [5.74, 6) is 3.65. The highest BCUT2D eigenvalue weighted by molar-refractivity contribution is 5.83. The molecule has 0 aromatic rings. The van der Waals surface area contributed by atoms with Crippen molar-refractivity contribution in [1.82, 2.24) is 0 Å². The molecule has 0 aromatic carbocycles. The zero-order chi connectivity index (χ0) is 9.59. The number of carbonyl (C=O) groups is 1. The first-order chi connectivity index (χ1) is 6.09. The number of fused-ring (bicyclic) bond motifs is 1. The van der Waals surface area contributed by atoms with Gasteiger partial charge in [-0.2, -0.15) is 0 Å². The van der Waals surface area contributed by atoms with Crippen LogP contribution in [-0.2, 0) is 4.79 Å². The van der Waals surface area contributed by atoms with Crippen LogP contribution < -0.4 is 0 Å².